The Bertz CT molecular complexity index is 1170. The number of rotatable bonds is 6. The molecule has 1 saturated carbocycles. The van der Waals surface area contributed by atoms with Crippen LogP contribution in [-0.4, -0.2) is 42.3 Å². The minimum absolute atomic E-state index is 0.0467. The molecule has 3 aromatic rings. The number of anilines is 1. The molecule has 2 N–H and O–H groups in total. The molecule has 1 aliphatic heterocycles. The molecule has 1 saturated heterocycles. The number of nitrogens with one attached hydrogen (secondary N) is 2. The zero-order valence-electron chi connectivity index (χ0n) is 16.3. The number of aromatic nitrogens is 2. The second-order valence-corrected chi connectivity index (χ2v) is 10.4. The lowest BCUT2D eigenvalue weighted by molar-refractivity contribution is 0.0787. The van der Waals surface area contributed by atoms with Gasteiger partial charge in [0.05, 0.1) is 5.01 Å². The molecule has 30 heavy (non-hydrogen) atoms. The summed E-state index contributed by atoms with van der Waals surface area (Å²) in [5.41, 5.74) is 1.82. The predicted octanol–water partition coefficient (Wildman–Crippen LogP) is 4.05. The van der Waals surface area contributed by atoms with Crippen LogP contribution in [-0.2, 0) is 10.0 Å². The highest BCUT2D eigenvalue weighted by molar-refractivity contribution is 7.93. The third-order valence-corrected chi connectivity index (χ3v) is 8.03. The molecule has 156 valence electrons. The second kappa shape index (κ2) is 7.55. The number of carbonyl (C=O) groups is 1. The number of hydrogen-bond donors (Lipinski definition) is 2. The molecule has 1 aromatic carbocycles. The van der Waals surface area contributed by atoms with E-state index < -0.39 is 10.0 Å². The lowest BCUT2D eigenvalue weighted by atomic mass is 10.2. The van der Waals surface area contributed by atoms with E-state index >= 15 is 0 Å². The summed E-state index contributed by atoms with van der Waals surface area (Å²) in [6.07, 6.45) is 5.52. The van der Waals surface area contributed by atoms with E-state index in [-0.39, 0.29) is 10.8 Å². The maximum absolute atomic E-state index is 13.1. The first-order valence-electron chi connectivity index (χ1n) is 10.1. The van der Waals surface area contributed by atoms with Crippen molar-refractivity contribution in [2.45, 2.75) is 36.5 Å². The van der Waals surface area contributed by atoms with Crippen LogP contribution in [0.15, 0.2) is 47.5 Å². The van der Waals surface area contributed by atoms with Gasteiger partial charge in [-0.3, -0.25) is 9.52 Å². The summed E-state index contributed by atoms with van der Waals surface area (Å²) in [6.45, 7) is 1.42. The molecular weight excluding hydrogens is 420 g/mol. The average molecular weight is 443 g/mol. The van der Waals surface area contributed by atoms with E-state index in [1.807, 2.05) is 30.3 Å². The Morgan fingerprint density at radius 3 is 2.60 bits per heavy atom. The summed E-state index contributed by atoms with van der Waals surface area (Å²) >= 11 is 1.39. The molecule has 2 fully saturated rings. The smallest absolute Gasteiger partial charge is 0.270 e. The van der Waals surface area contributed by atoms with E-state index in [1.165, 1.54) is 23.6 Å². The fraction of sp³-hybridized carbons (Fsp3) is 0.333. The van der Waals surface area contributed by atoms with E-state index in [4.69, 9.17) is 4.98 Å². The molecule has 7 nitrogen and oxygen atoms in total. The third-order valence-electron chi connectivity index (χ3n) is 5.44. The number of H-pyrrole nitrogens is 1. The van der Waals surface area contributed by atoms with Gasteiger partial charge in [0.25, 0.3) is 15.9 Å². The van der Waals surface area contributed by atoms with Gasteiger partial charge >= 0.3 is 0 Å². The first-order chi connectivity index (χ1) is 14.5. The largest absolute Gasteiger partial charge is 0.356 e. The highest BCUT2D eigenvalue weighted by atomic mass is 32.2. The number of thiazole rings is 1. The van der Waals surface area contributed by atoms with Gasteiger partial charge in [0.15, 0.2) is 0 Å². The SMILES string of the molecule is O=C(c1cc(S(=O)(=O)Nc2sc(C3CC3)nc2-c2ccccc2)c[nH]1)N1CCCC1. The topological polar surface area (TPSA) is 95.2 Å². The molecule has 1 amide bonds. The van der Waals surface area contributed by atoms with Crippen molar-refractivity contribution in [3.8, 4) is 11.3 Å². The molecule has 2 aliphatic rings. The summed E-state index contributed by atoms with van der Waals surface area (Å²) < 4.78 is 28.8. The van der Waals surface area contributed by atoms with Crippen molar-refractivity contribution >= 4 is 32.3 Å². The van der Waals surface area contributed by atoms with Crippen molar-refractivity contribution in [2.75, 3.05) is 17.8 Å². The normalized spacial score (nSPS) is 16.7. The Kier molecular flexibility index (Phi) is 4.86. The molecule has 0 atom stereocenters. The number of amides is 1. The van der Waals surface area contributed by atoms with Gasteiger partial charge in [0.2, 0.25) is 0 Å². The van der Waals surface area contributed by atoms with Gasteiger partial charge in [0, 0.05) is 30.8 Å². The van der Waals surface area contributed by atoms with Crippen LogP contribution < -0.4 is 4.72 Å². The number of aromatic amines is 1. The Balaban J connectivity index is 1.43. The second-order valence-electron chi connectivity index (χ2n) is 7.72. The van der Waals surface area contributed by atoms with Crippen LogP contribution in [0.25, 0.3) is 11.3 Å². The predicted molar refractivity (Wildman–Crippen MR) is 116 cm³/mol. The fourth-order valence-corrected chi connectivity index (χ4v) is 6.08. The Morgan fingerprint density at radius 1 is 1.17 bits per heavy atom. The Labute approximate surface area is 179 Å². The minimum atomic E-state index is -3.85. The zero-order valence-corrected chi connectivity index (χ0v) is 17.9. The summed E-state index contributed by atoms with van der Waals surface area (Å²) in [5, 5.41) is 1.47. The zero-order chi connectivity index (χ0) is 20.7. The van der Waals surface area contributed by atoms with Crippen molar-refractivity contribution < 1.29 is 13.2 Å². The summed E-state index contributed by atoms with van der Waals surface area (Å²) in [6, 6.07) is 11.0. The quantitative estimate of drug-likeness (QED) is 0.602. The minimum Gasteiger partial charge on any atom is -0.356 e. The molecule has 2 aromatic heterocycles. The standard InChI is InChI=1S/C21H22N4O3S2/c26-21(25-10-4-5-11-25)17-12-16(13-22-17)30(27,28)24-20-18(14-6-2-1-3-7-14)23-19(29-20)15-8-9-15/h1-3,6-7,12-13,15,22,24H,4-5,8-11H2. The molecule has 1 aliphatic carbocycles. The van der Waals surface area contributed by atoms with Gasteiger partial charge in [-0.15, -0.1) is 0 Å². The van der Waals surface area contributed by atoms with Crippen LogP contribution in [0.1, 0.15) is 47.1 Å². The van der Waals surface area contributed by atoms with Gasteiger partial charge in [-0.25, -0.2) is 13.4 Å². The molecule has 0 radical (unpaired) electrons. The van der Waals surface area contributed by atoms with Crippen LogP contribution in [0.3, 0.4) is 0 Å². The monoisotopic (exact) mass is 442 g/mol. The molecule has 3 heterocycles. The van der Waals surface area contributed by atoms with Crippen LogP contribution in [0, 0.1) is 0 Å². The summed E-state index contributed by atoms with van der Waals surface area (Å²) in [7, 11) is -3.85. The molecule has 9 heteroatoms. The van der Waals surface area contributed by atoms with Crippen LogP contribution >= 0.6 is 11.3 Å². The lowest BCUT2D eigenvalue weighted by Crippen LogP contribution is -2.27. The van der Waals surface area contributed by atoms with Gasteiger partial charge in [-0.1, -0.05) is 41.7 Å². The highest BCUT2D eigenvalue weighted by Crippen LogP contribution is 2.46. The summed E-state index contributed by atoms with van der Waals surface area (Å²) in [4.78, 5) is 21.9. The van der Waals surface area contributed by atoms with Crippen LogP contribution in [0.4, 0.5) is 5.00 Å². The van der Waals surface area contributed by atoms with Crippen molar-refractivity contribution in [3.63, 3.8) is 0 Å². The lowest BCUT2D eigenvalue weighted by Gasteiger charge is -2.13. The van der Waals surface area contributed by atoms with E-state index in [0.29, 0.717) is 35.4 Å². The van der Waals surface area contributed by atoms with Gasteiger partial charge in [-0.05, 0) is 31.7 Å². The molecule has 0 bridgehead atoms. The van der Waals surface area contributed by atoms with Gasteiger partial charge in [-0.2, -0.15) is 0 Å². The maximum atomic E-state index is 13.1. The first-order valence-corrected chi connectivity index (χ1v) is 12.4. The van der Waals surface area contributed by atoms with Crippen molar-refractivity contribution in [3.05, 3.63) is 53.3 Å². The number of hydrogen-bond acceptors (Lipinski definition) is 5. The van der Waals surface area contributed by atoms with E-state index in [9.17, 15) is 13.2 Å². The van der Waals surface area contributed by atoms with Crippen molar-refractivity contribution in [1.82, 2.24) is 14.9 Å². The molecule has 5 rings (SSSR count). The third kappa shape index (κ3) is 3.75. The molecular formula is C21H22N4O3S2. The van der Waals surface area contributed by atoms with Crippen molar-refractivity contribution in [1.29, 1.82) is 0 Å². The summed E-state index contributed by atoms with van der Waals surface area (Å²) in [5.74, 6) is 0.264. The number of likely N-dealkylation sites (tertiary alicyclic amines) is 1. The van der Waals surface area contributed by atoms with Crippen molar-refractivity contribution in [2.24, 2.45) is 0 Å². The van der Waals surface area contributed by atoms with Crippen LogP contribution in [0.2, 0.25) is 0 Å². The first kappa shape index (κ1) is 19.3. The highest BCUT2D eigenvalue weighted by Gasteiger charge is 2.30. The van der Waals surface area contributed by atoms with Gasteiger partial charge < -0.3 is 9.88 Å². The average Bonchev–Trinajstić information content (AvgIpc) is 3.17. The van der Waals surface area contributed by atoms with E-state index in [0.717, 1.165) is 36.3 Å². The Hall–Kier alpha value is -2.65. The number of carbonyl (C=O) groups excluding carboxylic acids is 1. The Morgan fingerprint density at radius 2 is 1.90 bits per heavy atom. The fourth-order valence-electron chi connectivity index (χ4n) is 3.63. The van der Waals surface area contributed by atoms with Gasteiger partial charge in [0.1, 0.15) is 21.3 Å². The number of benzene rings is 1. The number of sulfonamides is 1. The molecule has 0 unspecified atom stereocenters. The maximum Gasteiger partial charge on any atom is 0.270 e. The van der Waals surface area contributed by atoms with Crippen LogP contribution in [0.5, 0.6) is 0 Å². The number of nitrogens with zero attached hydrogens (tertiary/aromatic N) is 2. The van der Waals surface area contributed by atoms with E-state index in [2.05, 4.69) is 9.71 Å². The van der Waals surface area contributed by atoms with E-state index in [1.54, 1.807) is 4.90 Å². The molecule has 0 spiro atoms.